The smallest absolute Gasteiger partial charge is 0.239 e. The highest BCUT2D eigenvalue weighted by atomic mass is 16.5. The Hall–Kier alpha value is -2.37. The Bertz CT molecular complexity index is 715. The number of hydrogen-bond acceptors (Lipinski definition) is 4. The second-order valence-electron chi connectivity index (χ2n) is 7.39. The minimum Gasteiger partial charge on any atom is -0.492 e. The van der Waals surface area contributed by atoms with Crippen LogP contribution in [0.3, 0.4) is 0 Å². The molecule has 5 nitrogen and oxygen atoms in total. The van der Waals surface area contributed by atoms with E-state index in [1.54, 1.807) is 0 Å². The summed E-state index contributed by atoms with van der Waals surface area (Å²) in [5.41, 5.74) is 1.16. The maximum atomic E-state index is 12.8. The van der Waals surface area contributed by atoms with Crippen LogP contribution in [0.2, 0.25) is 0 Å². The second-order valence-corrected chi connectivity index (χ2v) is 7.39. The van der Waals surface area contributed by atoms with Crippen molar-refractivity contribution in [1.29, 1.82) is 0 Å². The molecule has 1 aliphatic heterocycles. The molecule has 1 amide bonds. The first-order valence-electron chi connectivity index (χ1n) is 10.1. The summed E-state index contributed by atoms with van der Waals surface area (Å²) in [7, 11) is 1.89. The van der Waals surface area contributed by atoms with E-state index in [2.05, 4.69) is 21.9 Å². The van der Waals surface area contributed by atoms with Crippen LogP contribution in [0.1, 0.15) is 12.5 Å². The Labute approximate surface area is 168 Å². The summed E-state index contributed by atoms with van der Waals surface area (Å²) in [5, 5.41) is 0. The largest absolute Gasteiger partial charge is 0.492 e. The van der Waals surface area contributed by atoms with Crippen molar-refractivity contribution in [2.45, 2.75) is 19.5 Å². The molecule has 2 aromatic carbocycles. The van der Waals surface area contributed by atoms with Crippen molar-refractivity contribution in [3.8, 4) is 5.75 Å². The summed E-state index contributed by atoms with van der Waals surface area (Å²) >= 11 is 0. The zero-order valence-corrected chi connectivity index (χ0v) is 17.0. The first kappa shape index (κ1) is 20.4. The number of amides is 1. The van der Waals surface area contributed by atoms with Gasteiger partial charge < -0.3 is 9.64 Å². The molecule has 2 aromatic rings. The van der Waals surface area contributed by atoms with Gasteiger partial charge in [0.1, 0.15) is 12.4 Å². The van der Waals surface area contributed by atoms with Crippen molar-refractivity contribution in [3.05, 3.63) is 66.2 Å². The van der Waals surface area contributed by atoms with E-state index in [-0.39, 0.29) is 11.9 Å². The van der Waals surface area contributed by atoms with Gasteiger partial charge in [0.15, 0.2) is 0 Å². The van der Waals surface area contributed by atoms with Crippen molar-refractivity contribution in [2.24, 2.45) is 0 Å². The van der Waals surface area contributed by atoms with Crippen LogP contribution in [0.15, 0.2) is 60.7 Å². The van der Waals surface area contributed by atoms with E-state index in [4.69, 9.17) is 4.74 Å². The van der Waals surface area contributed by atoms with Gasteiger partial charge in [0.2, 0.25) is 5.91 Å². The van der Waals surface area contributed by atoms with Gasteiger partial charge in [-0.25, -0.2) is 0 Å². The van der Waals surface area contributed by atoms with Crippen LogP contribution in [0.25, 0.3) is 0 Å². The number of piperazine rings is 1. The van der Waals surface area contributed by atoms with E-state index < -0.39 is 0 Å². The molecule has 5 heteroatoms. The topological polar surface area (TPSA) is 36.0 Å². The quantitative estimate of drug-likeness (QED) is 0.704. The molecule has 0 spiro atoms. The fraction of sp³-hybridized carbons (Fsp3) is 0.435. The van der Waals surface area contributed by atoms with Crippen molar-refractivity contribution < 1.29 is 9.53 Å². The lowest BCUT2D eigenvalue weighted by Gasteiger charge is -2.38. The normalized spacial score (nSPS) is 16.5. The van der Waals surface area contributed by atoms with Gasteiger partial charge in [-0.1, -0.05) is 48.5 Å². The second kappa shape index (κ2) is 10.2. The monoisotopic (exact) mass is 381 g/mol. The maximum absolute atomic E-state index is 12.8. The van der Waals surface area contributed by atoms with E-state index in [1.807, 2.05) is 67.4 Å². The first-order valence-corrected chi connectivity index (χ1v) is 10.1. The van der Waals surface area contributed by atoms with Crippen molar-refractivity contribution in [1.82, 2.24) is 14.7 Å². The number of hydrogen-bond donors (Lipinski definition) is 0. The number of benzene rings is 2. The highest BCUT2D eigenvalue weighted by molar-refractivity contribution is 5.81. The number of carbonyl (C=O) groups is 1. The van der Waals surface area contributed by atoms with Crippen molar-refractivity contribution >= 4 is 5.91 Å². The van der Waals surface area contributed by atoms with E-state index in [0.717, 1.165) is 44.0 Å². The summed E-state index contributed by atoms with van der Waals surface area (Å²) in [4.78, 5) is 19.3. The van der Waals surface area contributed by atoms with Gasteiger partial charge in [0.05, 0.1) is 6.04 Å². The van der Waals surface area contributed by atoms with E-state index >= 15 is 0 Å². The molecule has 3 rings (SSSR count). The minimum atomic E-state index is -0.0866. The fourth-order valence-electron chi connectivity index (χ4n) is 3.59. The number of ether oxygens (including phenoxy) is 1. The standard InChI is InChI=1S/C23H31N3O2/c1-20(23(27)24(2)19-21-9-5-3-6-10-21)26-15-13-25(14-16-26)17-18-28-22-11-7-4-8-12-22/h3-12,20H,13-19H2,1-2H3. The molecule has 1 unspecified atom stereocenters. The van der Waals surface area contributed by atoms with E-state index in [0.29, 0.717) is 13.2 Å². The Morgan fingerprint density at radius 1 is 1.00 bits per heavy atom. The third-order valence-electron chi connectivity index (χ3n) is 5.37. The van der Waals surface area contributed by atoms with Gasteiger partial charge in [-0.15, -0.1) is 0 Å². The lowest BCUT2D eigenvalue weighted by Crippen LogP contribution is -2.54. The Balaban J connectivity index is 1.39. The molecule has 1 heterocycles. The lowest BCUT2D eigenvalue weighted by atomic mass is 10.1. The lowest BCUT2D eigenvalue weighted by molar-refractivity contribution is -0.136. The van der Waals surface area contributed by atoms with E-state index in [9.17, 15) is 4.79 Å². The molecule has 1 aliphatic rings. The summed E-state index contributed by atoms with van der Waals surface area (Å²) in [6.45, 7) is 8.06. The summed E-state index contributed by atoms with van der Waals surface area (Å²) in [5.74, 6) is 1.10. The van der Waals surface area contributed by atoms with Gasteiger partial charge in [-0.05, 0) is 24.6 Å². The van der Waals surface area contributed by atoms with Crippen molar-refractivity contribution in [2.75, 3.05) is 46.4 Å². The average Bonchev–Trinajstić information content (AvgIpc) is 2.74. The summed E-state index contributed by atoms with van der Waals surface area (Å²) in [6.07, 6.45) is 0. The highest BCUT2D eigenvalue weighted by Gasteiger charge is 2.27. The summed E-state index contributed by atoms with van der Waals surface area (Å²) in [6, 6.07) is 20.0. The first-order chi connectivity index (χ1) is 13.6. The fourth-order valence-corrected chi connectivity index (χ4v) is 3.59. The predicted molar refractivity (Wildman–Crippen MR) is 112 cm³/mol. The zero-order chi connectivity index (χ0) is 19.8. The number of likely N-dealkylation sites (N-methyl/N-ethyl adjacent to an activating group) is 1. The number of nitrogens with zero attached hydrogens (tertiary/aromatic N) is 3. The van der Waals surface area contributed by atoms with Crippen LogP contribution in [0.5, 0.6) is 5.75 Å². The average molecular weight is 382 g/mol. The Morgan fingerprint density at radius 3 is 2.25 bits per heavy atom. The van der Waals surface area contributed by atoms with Crippen LogP contribution in [-0.2, 0) is 11.3 Å². The molecule has 0 radical (unpaired) electrons. The molecule has 1 fully saturated rings. The van der Waals surface area contributed by atoms with Gasteiger partial charge in [-0.3, -0.25) is 14.6 Å². The Morgan fingerprint density at radius 2 is 1.61 bits per heavy atom. The Kier molecular flexibility index (Phi) is 7.46. The molecule has 1 saturated heterocycles. The van der Waals surface area contributed by atoms with Gasteiger partial charge in [0.25, 0.3) is 0 Å². The predicted octanol–water partition coefficient (Wildman–Crippen LogP) is 2.73. The van der Waals surface area contributed by atoms with Crippen molar-refractivity contribution in [3.63, 3.8) is 0 Å². The van der Waals surface area contributed by atoms with Gasteiger partial charge in [0, 0.05) is 46.3 Å². The molecular weight excluding hydrogens is 350 g/mol. The molecule has 1 atom stereocenters. The van der Waals surface area contributed by atoms with Gasteiger partial charge in [-0.2, -0.15) is 0 Å². The summed E-state index contributed by atoms with van der Waals surface area (Å²) < 4.78 is 5.79. The number of rotatable bonds is 8. The number of carbonyl (C=O) groups excluding carboxylic acids is 1. The minimum absolute atomic E-state index is 0.0866. The van der Waals surface area contributed by atoms with Crippen LogP contribution >= 0.6 is 0 Å². The number of para-hydroxylation sites is 1. The SMILES string of the molecule is CC(C(=O)N(C)Cc1ccccc1)N1CCN(CCOc2ccccc2)CC1. The molecule has 28 heavy (non-hydrogen) atoms. The van der Waals surface area contributed by atoms with Crippen LogP contribution in [-0.4, -0.2) is 73.0 Å². The van der Waals surface area contributed by atoms with E-state index in [1.165, 1.54) is 0 Å². The third-order valence-corrected chi connectivity index (χ3v) is 5.37. The zero-order valence-electron chi connectivity index (χ0n) is 17.0. The van der Waals surface area contributed by atoms with Crippen LogP contribution in [0, 0.1) is 0 Å². The maximum Gasteiger partial charge on any atom is 0.239 e. The molecule has 0 bridgehead atoms. The van der Waals surface area contributed by atoms with Gasteiger partial charge >= 0.3 is 0 Å². The van der Waals surface area contributed by atoms with Crippen LogP contribution in [0.4, 0.5) is 0 Å². The molecule has 0 N–H and O–H groups in total. The highest BCUT2D eigenvalue weighted by Crippen LogP contribution is 2.12. The molecular formula is C23H31N3O2. The van der Waals surface area contributed by atoms with Crippen LogP contribution < -0.4 is 4.74 Å². The molecule has 150 valence electrons. The molecule has 0 saturated carbocycles. The third kappa shape index (κ3) is 5.81. The molecule has 0 aliphatic carbocycles. The molecule has 0 aromatic heterocycles.